The quantitative estimate of drug-likeness (QED) is 0.551. The van der Waals surface area contributed by atoms with Crippen molar-refractivity contribution in [3.8, 4) is 0 Å². The average Bonchev–Trinajstić information content (AvgIpc) is 2.16. The highest BCUT2D eigenvalue weighted by atomic mass is 32.1. The molecule has 0 bridgehead atoms. The molecule has 2 nitrogen and oxygen atoms in total. The van der Waals surface area contributed by atoms with E-state index >= 15 is 0 Å². The van der Waals surface area contributed by atoms with Crippen molar-refractivity contribution in [2.75, 3.05) is 26.7 Å². The molecular formula is C8H16N2S. The van der Waals surface area contributed by atoms with E-state index in [9.17, 15) is 0 Å². The molecule has 0 aliphatic carbocycles. The van der Waals surface area contributed by atoms with E-state index in [0.717, 1.165) is 24.7 Å². The second-order valence-corrected chi connectivity index (χ2v) is 3.36. The highest BCUT2D eigenvalue weighted by Crippen LogP contribution is 2.07. The number of thiocarbonyl (C=S) groups is 1. The van der Waals surface area contributed by atoms with E-state index in [1.807, 2.05) is 0 Å². The third-order valence-electron chi connectivity index (χ3n) is 2.15. The van der Waals surface area contributed by atoms with E-state index in [1.165, 1.54) is 12.8 Å². The highest BCUT2D eigenvalue weighted by molar-refractivity contribution is 7.80. The standard InChI is InChI=1S/C8H16N2S/c1-3-10-7-5-4-6-9(2)8(10)11/h3-7H2,1-2H3. The molecule has 0 spiro atoms. The Labute approximate surface area is 74.2 Å². The van der Waals surface area contributed by atoms with Gasteiger partial charge in [-0.05, 0) is 32.0 Å². The molecule has 0 N–H and O–H groups in total. The summed E-state index contributed by atoms with van der Waals surface area (Å²) >= 11 is 5.29. The molecule has 1 fully saturated rings. The van der Waals surface area contributed by atoms with Crippen LogP contribution in [0, 0.1) is 0 Å². The lowest BCUT2D eigenvalue weighted by molar-refractivity contribution is 0.410. The Balaban J connectivity index is 2.56. The predicted octanol–water partition coefficient (Wildman–Crippen LogP) is 1.32. The van der Waals surface area contributed by atoms with Crippen LogP contribution in [-0.4, -0.2) is 41.6 Å². The Morgan fingerprint density at radius 3 is 2.64 bits per heavy atom. The first-order valence-corrected chi connectivity index (χ1v) is 4.66. The monoisotopic (exact) mass is 172 g/mol. The lowest BCUT2D eigenvalue weighted by Crippen LogP contribution is -2.38. The Morgan fingerprint density at radius 1 is 1.36 bits per heavy atom. The van der Waals surface area contributed by atoms with E-state index in [-0.39, 0.29) is 0 Å². The predicted molar refractivity (Wildman–Crippen MR) is 51.7 cm³/mol. The number of hydrogen-bond acceptors (Lipinski definition) is 1. The van der Waals surface area contributed by atoms with Crippen LogP contribution in [0.5, 0.6) is 0 Å². The van der Waals surface area contributed by atoms with Crippen LogP contribution >= 0.6 is 12.2 Å². The fraction of sp³-hybridized carbons (Fsp3) is 0.875. The number of hydrogen-bond donors (Lipinski definition) is 0. The minimum Gasteiger partial charge on any atom is -0.352 e. The molecule has 3 heteroatoms. The normalized spacial score (nSPS) is 20.4. The zero-order chi connectivity index (χ0) is 8.27. The summed E-state index contributed by atoms with van der Waals surface area (Å²) in [6.07, 6.45) is 2.55. The van der Waals surface area contributed by atoms with Crippen molar-refractivity contribution in [1.82, 2.24) is 9.80 Å². The molecule has 64 valence electrons. The first-order valence-electron chi connectivity index (χ1n) is 4.25. The average molecular weight is 172 g/mol. The van der Waals surface area contributed by atoms with Gasteiger partial charge in [-0.15, -0.1) is 0 Å². The molecule has 0 radical (unpaired) electrons. The fourth-order valence-corrected chi connectivity index (χ4v) is 1.69. The van der Waals surface area contributed by atoms with Crippen molar-refractivity contribution >= 4 is 17.3 Å². The maximum atomic E-state index is 5.29. The maximum Gasteiger partial charge on any atom is 0.171 e. The Hall–Kier alpha value is -0.310. The minimum atomic E-state index is 1.02. The molecule has 1 aliphatic rings. The smallest absolute Gasteiger partial charge is 0.171 e. The lowest BCUT2D eigenvalue weighted by atomic mass is 10.3. The van der Waals surface area contributed by atoms with Crippen molar-refractivity contribution in [2.45, 2.75) is 19.8 Å². The lowest BCUT2D eigenvalue weighted by Gasteiger charge is -2.26. The molecule has 0 saturated carbocycles. The van der Waals surface area contributed by atoms with Gasteiger partial charge in [-0.25, -0.2) is 0 Å². The zero-order valence-corrected chi connectivity index (χ0v) is 8.15. The van der Waals surface area contributed by atoms with Crippen molar-refractivity contribution in [1.29, 1.82) is 0 Å². The van der Waals surface area contributed by atoms with Crippen molar-refractivity contribution in [2.24, 2.45) is 0 Å². The molecular weight excluding hydrogens is 156 g/mol. The van der Waals surface area contributed by atoms with Gasteiger partial charge in [0.05, 0.1) is 0 Å². The molecule has 0 aromatic heterocycles. The van der Waals surface area contributed by atoms with Gasteiger partial charge in [0.25, 0.3) is 0 Å². The molecule has 0 aromatic rings. The third-order valence-corrected chi connectivity index (χ3v) is 2.72. The molecule has 0 amide bonds. The third kappa shape index (κ3) is 2.06. The van der Waals surface area contributed by atoms with Gasteiger partial charge in [0.1, 0.15) is 0 Å². The van der Waals surface area contributed by atoms with Crippen LogP contribution in [-0.2, 0) is 0 Å². The van der Waals surface area contributed by atoms with E-state index in [1.54, 1.807) is 0 Å². The maximum absolute atomic E-state index is 5.29. The number of rotatable bonds is 1. The summed E-state index contributed by atoms with van der Waals surface area (Å²) in [7, 11) is 2.08. The summed E-state index contributed by atoms with van der Waals surface area (Å²) < 4.78 is 0. The summed E-state index contributed by atoms with van der Waals surface area (Å²) in [6.45, 7) is 5.46. The van der Waals surface area contributed by atoms with Crippen molar-refractivity contribution in [3.63, 3.8) is 0 Å². The summed E-state index contributed by atoms with van der Waals surface area (Å²) in [6, 6.07) is 0. The van der Waals surface area contributed by atoms with Crippen LogP contribution in [0.25, 0.3) is 0 Å². The van der Waals surface area contributed by atoms with Gasteiger partial charge in [-0.3, -0.25) is 0 Å². The minimum absolute atomic E-state index is 1.02. The zero-order valence-electron chi connectivity index (χ0n) is 7.34. The Kier molecular flexibility index (Phi) is 3.12. The van der Waals surface area contributed by atoms with E-state index in [4.69, 9.17) is 12.2 Å². The summed E-state index contributed by atoms with van der Waals surface area (Å²) in [5.74, 6) is 0. The molecule has 1 rings (SSSR count). The second kappa shape index (κ2) is 3.90. The highest BCUT2D eigenvalue weighted by Gasteiger charge is 2.14. The van der Waals surface area contributed by atoms with Crippen LogP contribution in [0.2, 0.25) is 0 Å². The molecule has 1 aliphatic heterocycles. The first-order chi connectivity index (χ1) is 5.25. The van der Waals surface area contributed by atoms with Gasteiger partial charge in [-0.2, -0.15) is 0 Å². The molecule has 0 unspecified atom stereocenters. The summed E-state index contributed by atoms with van der Waals surface area (Å²) in [5.41, 5.74) is 0. The van der Waals surface area contributed by atoms with Gasteiger partial charge < -0.3 is 9.80 Å². The molecule has 0 aromatic carbocycles. The number of nitrogens with zero attached hydrogens (tertiary/aromatic N) is 2. The van der Waals surface area contributed by atoms with Crippen LogP contribution < -0.4 is 0 Å². The molecule has 1 heterocycles. The van der Waals surface area contributed by atoms with Crippen LogP contribution in [0.15, 0.2) is 0 Å². The van der Waals surface area contributed by atoms with Gasteiger partial charge in [0.15, 0.2) is 5.11 Å². The van der Waals surface area contributed by atoms with E-state index in [2.05, 4.69) is 23.8 Å². The second-order valence-electron chi connectivity index (χ2n) is 2.99. The van der Waals surface area contributed by atoms with Gasteiger partial charge in [0.2, 0.25) is 0 Å². The summed E-state index contributed by atoms with van der Waals surface area (Å²) in [4.78, 5) is 4.44. The van der Waals surface area contributed by atoms with Crippen LogP contribution in [0.4, 0.5) is 0 Å². The SMILES string of the molecule is CCN1CCCCN(C)C1=S. The molecule has 1 saturated heterocycles. The van der Waals surface area contributed by atoms with Crippen molar-refractivity contribution in [3.05, 3.63) is 0 Å². The Morgan fingerprint density at radius 2 is 2.00 bits per heavy atom. The van der Waals surface area contributed by atoms with E-state index < -0.39 is 0 Å². The van der Waals surface area contributed by atoms with Gasteiger partial charge in [-0.1, -0.05) is 0 Å². The first kappa shape index (κ1) is 8.78. The molecule has 0 atom stereocenters. The fourth-order valence-electron chi connectivity index (χ4n) is 1.38. The largest absolute Gasteiger partial charge is 0.352 e. The van der Waals surface area contributed by atoms with Crippen LogP contribution in [0.1, 0.15) is 19.8 Å². The molecule has 11 heavy (non-hydrogen) atoms. The Bertz CT molecular complexity index is 147. The van der Waals surface area contributed by atoms with Crippen molar-refractivity contribution < 1.29 is 0 Å². The van der Waals surface area contributed by atoms with Crippen LogP contribution in [0.3, 0.4) is 0 Å². The summed E-state index contributed by atoms with van der Waals surface area (Å²) in [5, 5.41) is 1.02. The van der Waals surface area contributed by atoms with E-state index in [0.29, 0.717) is 0 Å². The van der Waals surface area contributed by atoms with Gasteiger partial charge in [0, 0.05) is 26.7 Å². The van der Waals surface area contributed by atoms with Gasteiger partial charge >= 0.3 is 0 Å². The topological polar surface area (TPSA) is 6.48 Å².